The minimum atomic E-state index is 0.0657. The monoisotopic (exact) mass is 355 g/mol. The van der Waals surface area contributed by atoms with Crippen molar-refractivity contribution in [1.82, 2.24) is 4.90 Å². The molecule has 0 atom stereocenters. The molecule has 4 heteroatoms. The maximum Gasteiger partial charge on any atom is 0.119 e. The first-order chi connectivity index (χ1) is 12.7. The van der Waals surface area contributed by atoms with E-state index in [4.69, 9.17) is 9.47 Å². The number of ether oxygens (including phenoxy) is 2. The molecule has 2 aromatic rings. The molecule has 1 heterocycles. The van der Waals surface area contributed by atoms with Crippen LogP contribution in [0.3, 0.4) is 0 Å². The van der Waals surface area contributed by atoms with Gasteiger partial charge in [0.2, 0.25) is 0 Å². The Kier molecular flexibility index (Phi) is 6.67. The van der Waals surface area contributed by atoms with Crippen LogP contribution in [0.2, 0.25) is 0 Å². The van der Waals surface area contributed by atoms with Gasteiger partial charge in [-0.15, -0.1) is 0 Å². The third-order valence-electron chi connectivity index (χ3n) is 4.90. The number of hydrogen-bond acceptors (Lipinski definition) is 4. The second-order valence-corrected chi connectivity index (χ2v) is 6.95. The van der Waals surface area contributed by atoms with Crippen molar-refractivity contribution >= 4 is 0 Å². The quantitative estimate of drug-likeness (QED) is 0.771. The van der Waals surface area contributed by atoms with E-state index >= 15 is 0 Å². The van der Waals surface area contributed by atoms with Gasteiger partial charge in [0, 0.05) is 19.6 Å². The third-order valence-corrected chi connectivity index (χ3v) is 4.90. The van der Waals surface area contributed by atoms with Gasteiger partial charge in [0.1, 0.15) is 5.75 Å². The highest BCUT2D eigenvalue weighted by atomic mass is 16.5. The van der Waals surface area contributed by atoms with Crippen LogP contribution < -0.4 is 4.74 Å². The molecule has 140 valence electrons. The average Bonchev–Trinajstić information content (AvgIpc) is 2.66. The van der Waals surface area contributed by atoms with Gasteiger partial charge in [0.05, 0.1) is 26.4 Å². The largest absolute Gasteiger partial charge is 0.494 e. The number of aliphatic hydroxyl groups excluding tert-OH is 1. The van der Waals surface area contributed by atoms with Gasteiger partial charge in [0.25, 0.3) is 0 Å². The number of nitrogens with zero attached hydrogens (tertiary/aromatic N) is 1. The summed E-state index contributed by atoms with van der Waals surface area (Å²) < 4.78 is 11.4. The average molecular weight is 355 g/mol. The molecule has 26 heavy (non-hydrogen) atoms. The van der Waals surface area contributed by atoms with Crippen LogP contribution in [0.4, 0.5) is 0 Å². The van der Waals surface area contributed by atoms with Crippen LogP contribution in [0.1, 0.15) is 23.1 Å². The zero-order valence-corrected chi connectivity index (χ0v) is 15.8. The molecule has 1 aliphatic rings. The van der Waals surface area contributed by atoms with E-state index < -0.39 is 0 Å². The Balaban J connectivity index is 1.61. The van der Waals surface area contributed by atoms with E-state index in [0.717, 1.165) is 62.8 Å². The summed E-state index contributed by atoms with van der Waals surface area (Å²) >= 11 is 0. The Morgan fingerprint density at radius 1 is 1.08 bits per heavy atom. The smallest absolute Gasteiger partial charge is 0.119 e. The van der Waals surface area contributed by atoms with Gasteiger partial charge in [-0.2, -0.15) is 0 Å². The first-order valence-corrected chi connectivity index (χ1v) is 9.41. The molecule has 0 unspecified atom stereocenters. The minimum absolute atomic E-state index is 0.0657. The van der Waals surface area contributed by atoms with Gasteiger partial charge < -0.3 is 14.6 Å². The van der Waals surface area contributed by atoms with E-state index in [9.17, 15) is 5.11 Å². The van der Waals surface area contributed by atoms with Crippen LogP contribution in [0.15, 0.2) is 36.4 Å². The molecule has 1 saturated heterocycles. The van der Waals surface area contributed by atoms with E-state index in [2.05, 4.69) is 43.0 Å². The summed E-state index contributed by atoms with van der Waals surface area (Å²) in [5.41, 5.74) is 5.70. The van der Waals surface area contributed by atoms with Crippen molar-refractivity contribution in [2.75, 3.05) is 39.5 Å². The molecule has 4 nitrogen and oxygen atoms in total. The summed E-state index contributed by atoms with van der Waals surface area (Å²) in [6, 6.07) is 12.3. The highest BCUT2D eigenvalue weighted by molar-refractivity contribution is 5.72. The van der Waals surface area contributed by atoms with Gasteiger partial charge in [-0.25, -0.2) is 0 Å². The number of hydrogen-bond donors (Lipinski definition) is 1. The maximum absolute atomic E-state index is 9.38. The van der Waals surface area contributed by atoms with Crippen LogP contribution in [0, 0.1) is 13.8 Å². The summed E-state index contributed by atoms with van der Waals surface area (Å²) in [6.45, 7) is 9.85. The van der Waals surface area contributed by atoms with E-state index in [1.54, 1.807) is 0 Å². The van der Waals surface area contributed by atoms with Crippen molar-refractivity contribution in [3.8, 4) is 16.9 Å². The number of morpholine rings is 1. The minimum Gasteiger partial charge on any atom is -0.494 e. The lowest BCUT2D eigenvalue weighted by Gasteiger charge is -2.26. The van der Waals surface area contributed by atoms with Gasteiger partial charge in [-0.3, -0.25) is 4.90 Å². The highest BCUT2D eigenvalue weighted by Crippen LogP contribution is 2.31. The van der Waals surface area contributed by atoms with E-state index in [-0.39, 0.29) is 6.61 Å². The Morgan fingerprint density at radius 2 is 1.81 bits per heavy atom. The van der Waals surface area contributed by atoms with Crippen LogP contribution in [-0.4, -0.2) is 49.5 Å². The number of aliphatic hydroxyl groups is 1. The summed E-state index contributed by atoms with van der Waals surface area (Å²) in [4.78, 5) is 2.43. The lowest BCUT2D eigenvalue weighted by Crippen LogP contribution is -2.37. The van der Waals surface area contributed by atoms with Crippen molar-refractivity contribution in [1.29, 1.82) is 0 Å². The summed E-state index contributed by atoms with van der Waals surface area (Å²) in [7, 11) is 0. The van der Waals surface area contributed by atoms with Crippen molar-refractivity contribution in [3.63, 3.8) is 0 Å². The molecule has 1 aliphatic heterocycles. The molecule has 0 saturated carbocycles. The third kappa shape index (κ3) is 4.85. The van der Waals surface area contributed by atoms with Crippen LogP contribution >= 0.6 is 0 Å². The molecule has 0 aliphatic carbocycles. The molecule has 0 amide bonds. The normalized spacial score (nSPS) is 15.2. The lowest BCUT2D eigenvalue weighted by atomic mass is 9.94. The predicted octanol–water partition coefficient (Wildman–Crippen LogP) is 3.56. The first kappa shape index (κ1) is 18.9. The summed E-state index contributed by atoms with van der Waals surface area (Å²) in [5.74, 6) is 0.934. The fourth-order valence-corrected chi connectivity index (χ4v) is 3.59. The second-order valence-electron chi connectivity index (χ2n) is 6.95. The second kappa shape index (κ2) is 9.17. The summed E-state index contributed by atoms with van der Waals surface area (Å²) in [5, 5.41) is 9.38. The molecule has 1 N–H and O–H groups in total. The molecule has 1 fully saturated rings. The van der Waals surface area contributed by atoms with E-state index in [1.807, 2.05) is 12.1 Å². The Bertz CT molecular complexity index is 700. The fourth-order valence-electron chi connectivity index (χ4n) is 3.59. The van der Waals surface area contributed by atoms with Gasteiger partial charge >= 0.3 is 0 Å². The fraction of sp³-hybridized carbons (Fsp3) is 0.455. The first-order valence-electron chi connectivity index (χ1n) is 9.41. The predicted molar refractivity (Wildman–Crippen MR) is 105 cm³/mol. The van der Waals surface area contributed by atoms with E-state index in [1.165, 1.54) is 16.7 Å². The molecule has 0 spiro atoms. The zero-order chi connectivity index (χ0) is 18.4. The van der Waals surface area contributed by atoms with Gasteiger partial charge in [0.15, 0.2) is 0 Å². The SMILES string of the molecule is Cc1cc(OCCCN2CCOCC2)cc(C)c1-c1cccc(CO)c1. The molecule has 0 radical (unpaired) electrons. The van der Waals surface area contributed by atoms with Crippen LogP contribution in [-0.2, 0) is 11.3 Å². The molecule has 3 rings (SSSR count). The topological polar surface area (TPSA) is 41.9 Å². The number of aryl methyl sites for hydroxylation is 2. The van der Waals surface area contributed by atoms with Crippen LogP contribution in [0.5, 0.6) is 5.75 Å². The van der Waals surface area contributed by atoms with Crippen LogP contribution in [0.25, 0.3) is 11.1 Å². The molecule has 2 aromatic carbocycles. The Morgan fingerprint density at radius 3 is 2.50 bits per heavy atom. The zero-order valence-electron chi connectivity index (χ0n) is 15.8. The molecule has 0 bridgehead atoms. The van der Waals surface area contributed by atoms with Gasteiger partial charge in [-0.1, -0.05) is 18.2 Å². The van der Waals surface area contributed by atoms with Crippen molar-refractivity contribution in [3.05, 3.63) is 53.1 Å². The molecular formula is C22H29NO3. The van der Waals surface area contributed by atoms with Crippen molar-refractivity contribution in [2.24, 2.45) is 0 Å². The Hall–Kier alpha value is -1.88. The standard InChI is InChI=1S/C22H29NO3/c1-17-13-21(26-10-4-7-23-8-11-25-12-9-23)14-18(2)22(17)20-6-3-5-19(15-20)16-24/h3,5-6,13-15,24H,4,7-12,16H2,1-2H3. The Labute approximate surface area is 156 Å². The van der Waals surface area contributed by atoms with Crippen molar-refractivity contribution < 1.29 is 14.6 Å². The molecule has 0 aromatic heterocycles. The van der Waals surface area contributed by atoms with E-state index in [0.29, 0.717) is 0 Å². The van der Waals surface area contributed by atoms with Gasteiger partial charge in [-0.05, 0) is 66.3 Å². The number of benzene rings is 2. The maximum atomic E-state index is 9.38. The summed E-state index contributed by atoms with van der Waals surface area (Å²) in [6.07, 6.45) is 1.03. The molecular weight excluding hydrogens is 326 g/mol. The lowest BCUT2D eigenvalue weighted by molar-refractivity contribution is 0.0358. The number of rotatable bonds is 7. The highest BCUT2D eigenvalue weighted by Gasteiger charge is 2.11. The van der Waals surface area contributed by atoms with Crippen molar-refractivity contribution in [2.45, 2.75) is 26.9 Å².